The minimum Gasteiger partial charge on any atom is -0.396 e. The van der Waals surface area contributed by atoms with E-state index in [-0.39, 0.29) is 12.0 Å². The second-order valence-electron chi connectivity index (χ2n) is 10.1. The van der Waals surface area contributed by atoms with E-state index in [1.54, 1.807) is 0 Å². The van der Waals surface area contributed by atoms with Gasteiger partial charge in [0.2, 0.25) is 0 Å². The van der Waals surface area contributed by atoms with Crippen LogP contribution in [0, 0.1) is 40.9 Å². The minimum atomic E-state index is -0.566. The lowest BCUT2D eigenvalue weighted by atomic mass is 9.49. The summed E-state index contributed by atoms with van der Waals surface area (Å²) in [7, 11) is 0. The van der Waals surface area contributed by atoms with E-state index in [0.717, 1.165) is 62.7 Å². The zero-order valence-electron chi connectivity index (χ0n) is 16.1. The van der Waals surface area contributed by atoms with Gasteiger partial charge in [-0.25, -0.2) is 0 Å². The van der Waals surface area contributed by atoms with Crippen molar-refractivity contribution in [2.24, 2.45) is 40.9 Å². The lowest BCUT2D eigenvalue weighted by molar-refractivity contribution is -0.138. The van der Waals surface area contributed by atoms with E-state index >= 15 is 0 Å². The van der Waals surface area contributed by atoms with Gasteiger partial charge in [-0.2, -0.15) is 0 Å². The molecule has 144 valence electrons. The van der Waals surface area contributed by atoms with Crippen molar-refractivity contribution >= 4 is 5.78 Å². The summed E-state index contributed by atoms with van der Waals surface area (Å²) in [5.41, 5.74) is 1.02. The molecule has 0 aromatic heterocycles. The molecule has 0 radical (unpaired) electrons. The first-order chi connectivity index (χ1) is 12.5. The van der Waals surface area contributed by atoms with Crippen molar-refractivity contribution in [2.75, 3.05) is 6.61 Å². The van der Waals surface area contributed by atoms with Gasteiger partial charge in [0.1, 0.15) is 0 Å². The Bertz CT molecular complexity index is 639. The molecular weight excluding hydrogens is 324 g/mol. The molecule has 5 rings (SSSR count). The highest BCUT2D eigenvalue weighted by Gasteiger charge is 2.68. The number of hydrogen-bond acceptors (Lipinski definition) is 3. The van der Waals surface area contributed by atoms with Crippen molar-refractivity contribution in [1.82, 2.24) is 0 Å². The fourth-order valence-corrected chi connectivity index (χ4v) is 8.45. The number of aliphatic hydroxyl groups excluding tert-OH is 1. The van der Waals surface area contributed by atoms with Crippen LogP contribution in [0.5, 0.6) is 0 Å². The third-order valence-electron chi connectivity index (χ3n) is 9.50. The lowest BCUT2D eigenvalue weighted by Gasteiger charge is -2.57. The van der Waals surface area contributed by atoms with Crippen molar-refractivity contribution in [2.45, 2.75) is 76.7 Å². The van der Waals surface area contributed by atoms with Crippen LogP contribution in [0.25, 0.3) is 0 Å². The highest BCUT2D eigenvalue weighted by atomic mass is 16.3. The van der Waals surface area contributed by atoms with E-state index in [9.17, 15) is 15.0 Å². The standard InChI is InChI=1S/C23H34O3/c1-2-22-9-6-16-15-5-4-14(25)12-17(15)18-13-19(18)21(16)20(22)7-10-23(22,26)8-3-11-24/h12,15-16,18-21,24,26H,2-11,13H2,1H3/t15-,16-,18+,19+,20+,21+,22+,23+/m1/s1. The molecule has 0 aliphatic heterocycles. The molecule has 3 heteroatoms. The molecule has 2 N–H and O–H groups in total. The summed E-state index contributed by atoms with van der Waals surface area (Å²) in [6, 6.07) is 0. The first-order valence-corrected chi connectivity index (χ1v) is 11.1. The Morgan fingerprint density at radius 2 is 2.00 bits per heavy atom. The number of aliphatic hydroxyl groups is 2. The van der Waals surface area contributed by atoms with Gasteiger partial charge in [-0.1, -0.05) is 12.5 Å². The van der Waals surface area contributed by atoms with E-state index in [4.69, 9.17) is 0 Å². The first kappa shape index (κ1) is 17.4. The average molecular weight is 359 g/mol. The van der Waals surface area contributed by atoms with Crippen molar-refractivity contribution in [3.8, 4) is 0 Å². The second-order valence-corrected chi connectivity index (χ2v) is 10.1. The number of ketones is 1. The van der Waals surface area contributed by atoms with E-state index < -0.39 is 5.60 Å². The van der Waals surface area contributed by atoms with Gasteiger partial charge in [-0.05, 0) is 99.4 Å². The quantitative estimate of drug-likeness (QED) is 0.802. The van der Waals surface area contributed by atoms with Gasteiger partial charge < -0.3 is 10.2 Å². The third-order valence-corrected chi connectivity index (χ3v) is 9.50. The summed E-state index contributed by atoms with van der Waals surface area (Å²) >= 11 is 0. The molecule has 0 aromatic carbocycles. The molecule has 26 heavy (non-hydrogen) atoms. The van der Waals surface area contributed by atoms with Gasteiger partial charge in [0, 0.05) is 18.4 Å². The van der Waals surface area contributed by atoms with Crippen molar-refractivity contribution in [3.05, 3.63) is 11.6 Å². The molecule has 4 fully saturated rings. The fourth-order valence-electron chi connectivity index (χ4n) is 8.45. The van der Waals surface area contributed by atoms with Gasteiger partial charge >= 0.3 is 0 Å². The summed E-state index contributed by atoms with van der Waals surface area (Å²) in [6.45, 7) is 2.48. The van der Waals surface area contributed by atoms with E-state index in [2.05, 4.69) is 6.92 Å². The highest BCUT2D eigenvalue weighted by molar-refractivity contribution is 5.91. The SMILES string of the molecule is CC[C@]12CC[C@H]3[C@@H]([C@H]4C[C@H]4C4=CC(=O)CC[C@@H]43)[C@@H]1CC[C@@]2(O)CCCO. The Morgan fingerprint density at radius 1 is 1.15 bits per heavy atom. The van der Waals surface area contributed by atoms with E-state index in [1.165, 1.54) is 24.8 Å². The van der Waals surface area contributed by atoms with Crippen LogP contribution < -0.4 is 0 Å². The topological polar surface area (TPSA) is 57.5 Å². The van der Waals surface area contributed by atoms with Crippen LogP contribution >= 0.6 is 0 Å². The van der Waals surface area contributed by atoms with Gasteiger partial charge in [-0.15, -0.1) is 0 Å². The predicted molar refractivity (Wildman–Crippen MR) is 100 cm³/mol. The molecule has 0 heterocycles. The minimum absolute atomic E-state index is 0.0716. The normalized spacial score (nSPS) is 51.8. The number of allylic oxidation sites excluding steroid dienone is 1. The monoisotopic (exact) mass is 358 g/mol. The summed E-state index contributed by atoms with van der Waals surface area (Å²) in [6.07, 6.45) is 12.2. The first-order valence-electron chi connectivity index (χ1n) is 11.1. The molecular formula is C23H34O3. The molecule has 8 atom stereocenters. The van der Waals surface area contributed by atoms with Crippen LogP contribution in [0.15, 0.2) is 11.6 Å². The molecule has 0 aromatic rings. The smallest absolute Gasteiger partial charge is 0.155 e. The molecule has 0 bridgehead atoms. The maximum absolute atomic E-state index is 12.0. The molecule has 0 spiro atoms. The van der Waals surface area contributed by atoms with Gasteiger partial charge in [0.25, 0.3) is 0 Å². The van der Waals surface area contributed by atoms with Gasteiger partial charge in [0.05, 0.1) is 5.60 Å². The van der Waals surface area contributed by atoms with E-state index in [1.807, 2.05) is 6.08 Å². The third kappa shape index (κ3) is 2.16. The van der Waals surface area contributed by atoms with Crippen LogP contribution in [-0.2, 0) is 4.79 Å². The molecule has 0 saturated heterocycles. The Hall–Kier alpha value is -0.670. The molecule has 0 amide bonds. The summed E-state index contributed by atoms with van der Waals surface area (Å²) < 4.78 is 0. The van der Waals surface area contributed by atoms with Crippen molar-refractivity contribution in [1.29, 1.82) is 0 Å². The second kappa shape index (κ2) is 5.91. The van der Waals surface area contributed by atoms with Gasteiger partial charge in [-0.3, -0.25) is 4.79 Å². The Morgan fingerprint density at radius 3 is 2.77 bits per heavy atom. The molecule has 5 aliphatic rings. The zero-order chi connectivity index (χ0) is 18.1. The van der Waals surface area contributed by atoms with Crippen LogP contribution in [0.1, 0.15) is 71.1 Å². The Kier molecular flexibility index (Phi) is 3.96. The summed E-state index contributed by atoms with van der Waals surface area (Å²) in [4.78, 5) is 12.0. The molecule has 3 nitrogen and oxygen atoms in total. The number of hydrogen-bond donors (Lipinski definition) is 2. The maximum Gasteiger partial charge on any atom is 0.155 e. The van der Waals surface area contributed by atoms with Crippen LogP contribution in [0.3, 0.4) is 0 Å². The number of rotatable bonds is 4. The Labute approximate surface area is 157 Å². The highest BCUT2D eigenvalue weighted by Crippen LogP contribution is 2.73. The Balaban J connectivity index is 1.48. The number of carbonyl (C=O) groups excluding carboxylic acids is 1. The van der Waals surface area contributed by atoms with Crippen LogP contribution in [0.4, 0.5) is 0 Å². The van der Waals surface area contributed by atoms with Gasteiger partial charge in [0.15, 0.2) is 5.78 Å². The summed E-state index contributed by atoms with van der Waals surface area (Å²) in [5, 5.41) is 21.0. The summed E-state index contributed by atoms with van der Waals surface area (Å²) in [5.74, 6) is 4.66. The number of carbonyl (C=O) groups is 1. The van der Waals surface area contributed by atoms with Crippen molar-refractivity contribution in [3.63, 3.8) is 0 Å². The number of fused-ring (bicyclic) bond motifs is 8. The molecule has 5 aliphatic carbocycles. The average Bonchev–Trinajstić information content (AvgIpc) is 3.39. The van der Waals surface area contributed by atoms with E-state index in [0.29, 0.717) is 23.5 Å². The predicted octanol–water partition coefficient (Wildman–Crippen LogP) is 3.88. The largest absolute Gasteiger partial charge is 0.396 e. The molecule has 0 unspecified atom stereocenters. The van der Waals surface area contributed by atoms with Crippen LogP contribution in [0.2, 0.25) is 0 Å². The molecule has 4 saturated carbocycles. The maximum atomic E-state index is 12.0. The lowest BCUT2D eigenvalue weighted by Crippen LogP contribution is -2.54. The van der Waals surface area contributed by atoms with Crippen molar-refractivity contribution < 1.29 is 15.0 Å². The zero-order valence-corrected chi connectivity index (χ0v) is 16.1. The van der Waals surface area contributed by atoms with Crippen LogP contribution in [-0.4, -0.2) is 28.2 Å². The fraction of sp³-hybridized carbons (Fsp3) is 0.870.